The fourth-order valence-corrected chi connectivity index (χ4v) is 2.16. The first-order chi connectivity index (χ1) is 8.66. The van der Waals surface area contributed by atoms with Crippen LogP contribution in [0.4, 0.5) is 4.79 Å². The minimum atomic E-state index is -0.926. The Balaban J connectivity index is 2.09. The zero-order valence-corrected chi connectivity index (χ0v) is 10.1. The Hall–Kier alpha value is -1.81. The summed E-state index contributed by atoms with van der Waals surface area (Å²) in [4.78, 5) is 12.7. The van der Waals surface area contributed by atoms with E-state index in [2.05, 4.69) is 0 Å². The zero-order valence-electron chi connectivity index (χ0n) is 10.1. The maximum atomic E-state index is 11.3. The quantitative estimate of drug-likeness (QED) is 0.805. The van der Waals surface area contributed by atoms with Gasteiger partial charge < -0.3 is 10.2 Å². The topological polar surface area (TPSA) is 60.8 Å². The number of amides is 1. The molecule has 0 fully saturated rings. The van der Waals surface area contributed by atoms with Gasteiger partial charge in [0.25, 0.3) is 0 Å². The van der Waals surface area contributed by atoms with Crippen LogP contribution in [0.15, 0.2) is 42.5 Å². The molecule has 2 atom stereocenters. The summed E-state index contributed by atoms with van der Waals surface area (Å²) in [5.74, 6) is 0. The summed E-state index contributed by atoms with van der Waals surface area (Å²) in [6.07, 6.45) is 3.37. The molecule has 1 aliphatic rings. The van der Waals surface area contributed by atoms with Gasteiger partial charge in [0.2, 0.25) is 0 Å². The van der Waals surface area contributed by atoms with Crippen molar-refractivity contribution in [1.29, 1.82) is 0 Å². The number of rotatable bonds is 3. The Labute approximate surface area is 106 Å². The number of aliphatic hydroxyl groups is 1. The van der Waals surface area contributed by atoms with E-state index < -0.39 is 12.2 Å². The molecular formula is C14H17NO3. The first-order valence-corrected chi connectivity index (χ1v) is 6.06. The molecule has 0 spiro atoms. The van der Waals surface area contributed by atoms with Gasteiger partial charge in [0, 0.05) is 6.54 Å². The normalized spacial score (nSPS) is 22.7. The lowest BCUT2D eigenvalue weighted by Crippen LogP contribution is -2.39. The van der Waals surface area contributed by atoms with E-state index in [1.54, 1.807) is 12.2 Å². The molecule has 2 unspecified atom stereocenters. The highest BCUT2D eigenvalue weighted by molar-refractivity contribution is 5.66. The number of benzene rings is 1. The predicted molar refractivity (Wildman–Crippen MR) is 68.2 cm³/mol. The number of nitrogens with zero attached hydrogens (tertiary/aromatic N) is 1. The lowest BCUT2D eigenvalue weighted by atomic mass is 9.99. The maximum absolute atomic E-state index is 11.3. The van der Waals surface area contributed by atoms with Crippen LogP contribution in [0.25, 0.3) is 0 Å². The van der Waals surface area contributed by atoms with Crippen LogP contribution >= 0.6 is 0 Å². The van der Waals surface area contributed by atoms with Crippen LogP contribution in [-0.4, -0.2) is 33.4 Å². The third-order valence-electron chi connectivity index (χ3n) is 3.16. The van der Waals surface area contributed by atoms with E-state index in [1.165, 1.54) is 4.90 Å². The van der Waals surface area contributed by atoms with Crippen LogP contribution in [0.5, 0.6) is 0 Å². The molecule has 1 aliphatic carbocycles. The predicted octanol–water partition coefficient (Wildman–Crippen LogP) is 2.25. The van der Waals surface area contributed by atoms with E-state index in [0.29, 0.717) is 19.4 Å². The summed E-state index contributed by atoms with van der Waals surface area (Å²) in [6, 6.07) is 9.39. The number of hydrogen-bond acceptors (Lipinski definition) is 2. The molecule has 0 aromatic heterocycles. The van der Waals surface area contributed by atoms with Gasteiger partial charge in [-0.05, 0) is 18.4 Å². The maximum Gasteiger partial charge on any atom is 0.408 e. The summed E-state index contributed by atoms with van der Waals surface area (Å²) in [6.45, 7) is 0.376. The van der Waals surface area contributed by atoms with E-state index in [1.807, 2.05) is 30.3 Å². The molecule has 1 aromatic carbocycles. The molecule has 0 aliphatic heterocycles. The molecule has 2 N–H and O–H groups in total. The van der Waals surface area contributed by atoms with Gasteiger partial charge in [-0.15, -0.1) is 0 Å². The zero-order chi connectivity index (χ0) is 13.0. The number of hydrogen-bond donors (Lipinski definition) is 2. The third-order valence-corrected chi connectivity index (χ3v) is 3.16. The van der Waals surface area contributed by atoms with Gasteiger partial charge in [0.15, 0.2) is 0 Å². The summed E-state index contributed by atoms with van der Waals surface area (Å²) < 4.78 is 0. The summed E-state index contributed by atoms with van der Waals surface area (Å²) in [5.41, 5.74) is 0.972. The summed E-state index contributed by atoms with van der Waals surface area (Å²) in [5, 5.41) is 18.7. The van der Waals surface area contributed by atoms with Crippen LogP contribution in [0, 0.1) is 0 Å². The molecule has 1 amide bonds. The van der Waals surface area contributed by atoms with Crippen LogP contribution in [0.1, 0.15) is 18.4 Å². The molecular weight excluding hydrogens is 230 g/mol. The smallest absolute Gasteiger partial charge is 0.408 e. The van der Waals surface area contributed by atoms with Crippen LogP contribution in [-0.2, 0) is 6.54 Å². The Morgan fingerprint density at radius 1 is 1.22 bits per heavy atom. The molecule has 2 rings (SSSR count). The Morgan fingerprint density at radius 2 is 1.94 bits per heavy atom. The van der Waals surface area contributed by atoms with Gasteiger partial charge in [-0.3, -0.25) is 4.90 Å². The highest BCUT2D eigenvalue weighted by Gasteiger charge is 2.24. The summed E-state index contributed by atoms with van der Waals surface area (Å²) >= 11 is 0. The number of carbonyl (C=O) groups is 1. The van der Waals surface area contributed by atoms with Crippen molar-refractivity contribution >= 4 is 6.09 Å². The highest BCUT2D eigenvalue weighted by Crippen LogP contribution is 2.19. The van der Waals surface area contributed by atoms with Gasteiger partial charge in [-0.1, -0.05) is 42.5 Å². The van der Waals surface area contributed by atoms with Crippen molar-refractivity contribution in [3.8, 4) is 0 Å². The first-order valence-electron chi connectivity index (χ1n) is 6.06. The summed E-state index contributed by atoms with van der Waals surface area (Å²) in [7, 11) is 0. The van der Waals surface area contributed by atoms with Crippen molar-refractivity contribution in [2.45, 2.75) is 31.5 Å². The first kappa shape index (κ1) is 12.6. The van der Waals surface area contributed by atoms with Gasteiger partial charge in [-0.25, -0.2) is 4.79 Å². The molecule has 0 radical (unpaired) electrons. The largest absolute Gasteiger partial charge is 0.465 e. The number of carboxylic acid groups (broad SMARTS) is 1. The average Bonchev–Trinajstić information content (AvgIpc) is 2.38. The lowest BCUT2D eigenvalue weighted by Gasteiger charge is -2.30. The second-order valence-corrected chi connectivity index (χ2v) is 4.49. The van der Waals surface area contributed by atoms with Crippen molar-refractivity contribution in [1.82, 2.24) is 4.90 Å². The molecule has 96 valence electrons. The molecule has 0 saturated carbocycles. The van der Waals surface area contributed by atoms with Crippen LogP contribution in [0.3, 0.4) is 0 Å². The van der Waals surface area contributed by atoms with Crippen molar-refractivity contribution in [2.75, 3.05) is 0 Å². The van der Waals surface area contributed by atoms with Crippen molar-refractivity contribution in [2.24, 2.45) is 0 Å². The average molecular weight is 247 g/mol. The molecule has 0 heterocycles. The van der Waals surface area contributed by atoms with Gasteiger partial charge in [0.05, 0.1) is 12.1 Å². The van der Waals surface area contributed by atoms with Gasteiger partial charge >= 0.3 is 6.09 Å². The van der Waals surface area contributed by atoms with Gasteiger partial charge in [0.1, 0.15) is 0 Å². The highest BCUT2D eigenvalue weighted by atomic mass is 16.4. The van der Waals surface area contributed by atoms with Crippen molar-refractivity contribution < 1.29 is 15.0 Å². The molecule has 18 heavy (non-hydrogen) atoms. The minimum absolute atomic E-state index is 0.147. The Kier molecular flexibility index (Phi) is 3.99. The third kappa shape index (κ3) is 3.11. The fourth-order valence-electron chi connectivity index (χ4n) is 2.16. The standard InChI is InChI=1S/C14H17NO3/c16-13-8-6-12(7-9-13)15(14(17)18)10-11-4-2-1-3-5-11/h1-6,8,12-13,16H,7,9-10H2,(H,17,18). The molecule has 0 bridgehead atoms. The molecule has 4 nitrogen and oxygen atoms in total. The van der Waals surface area contributed by atoms with E-state index in [-0.39, 0.29) is 6.04 Å². The second kappa shape index (κ2) is 5.69. The van der Waals surface area contributed by atoms with E-state index >= 15 is 0 Å². The Bertz CT molecular complexity index is 430. The van der Waals surface area contributed by atoms with E-state index in [0.717, 1.165) is 5.56 Å². The van der Waals surface area contributed by atoms with Crippen molar-refractivity contribution in [3.05, 3.63) is 48.0 Å². The van der Waals surface area contributed by atoms with Crippen LogP contribution in [0.2, 0.25) is 0 Å². The van der Waals surface area contributed by atoms with Crippen molar-refractivity contribution in [3.63, 3.8) is 0 Å². The van der Waals surface area contributed by atoms with E-state index in [4.69, 9.17) is 0 Å². The second-order valence-electron chi connectivity index (χ2n) is 4.49. The monoisotopic (exact) mass is 247 g/mol. The minimum Gasteiger partial charge on any atom is -0.465 e. The fraction of sp³-hybridized carbons (Fsp3) is 0.357. The molecule has 0 saturated heterocycles. The molecule has 4 heteroatoms. The lowest BCUT2D eigenvalue weighted by molar-refractivity contribution is 0.117. The number of aliphatic hydroxyl groups excluding tert-OH is 1. The van der Waals surface area contributed by atoms with Crippen LogP contribution < -0.4 is 0 Å². The Morgan fingerprint density at radius 3 is 2.50 bits per heavy atom. The van der Waals surface area contributed by atoms with E-state index in [9.17, 15) is 15.0 Å². The van der Waals surface area contributed by atoms with Gasteiger partial charge in [-0.2, -0.15) is 0 Å². The molecule has 1 aromatic rings. The SMILES string of the molecule is O=C(O)N(Cc1ccccc1)C1C=CC(O)CC1.